The first-order valence-electron chi connectivity index (χ1n) is 7.46. The van der Waals surface area contributed by atoms with E-state index in [1.807, 2.05) is 11.5 Å². The van der Waals surface area contributed by atoms with E-state index in [9.17, 15) is 9.59 Å². The lowest BCUT2D eigenvalue weighted by Crippen LogP contribution is -2.46. The highest BCUT2D eigenvalue weighted by molar-refractivity contribution is 5.98. The van der Waals surface area contributed by atoms with Crippen molar-refractivity contribution in [1.29, 1.82) is 0 Å². The third-order valence-corrected chi connectivity index (χ3v) is 4.78. The Morgan fingerprint density at radius 3 is 2.45 bits per heavy atom. The predicted octanol–water partition coefficient (Wildman–Crippen LogP) is 2.11. The number of nitrogens with zero attached hydrogens (tertiary/aromatic N) is 3. The van der Waals surface area contributed by atoms with E-state index in [-0.39, 0.29) is 17.2 Å². The zero-order valence-electron chi connectivity index (χ0n) is 12.0. The highest BCUT2D eigenvalue weighted by Gasteiger charge is 2.45. The molecule has 0 aromatic carbocycles. The van der Waals surface area contributed by atoms with Crippen molar-refractivity contribution in [2.24, 2.45) is 5.41 Å². The summed E-state index contributed by atoms with van der Waals surface area (Å²) in [5.41, 5.74) is 0.909. The third kappa shape index (κ3) is 2.25. The van der Waals surface area contributed by atoms with Gasteiger partial charge in [0.1, 0.15) is 0 Å². The van der Waals surface area contributed by atoms with Crippen molar-refractivity contribution in [1.82, 2.24) is 14.5 Å². The summed E-state index contributed by atoms with van der Waals surface area (Å²) in [5, 5.41) is 0. The summed E-state index contributed by atoms with van der Waals surface area (Å²) in [6.45, 7) is 3.19. The van der Waals surface area contributed by atoms with Crippen LogP contribution in [0.5, 0.6) is 0 Å². The Morgan fingerprint density at radius 2 is 1.85 bits per heavy atom. The van der Waals surface area contributed by atoms with Crippen molar-refractivity contribution in [2.75, 3.05) is 0 Å². The number of hydrogen-bond acceptors (Lipinski definition) is 3. The first-order valence-corrected chi connectivity index (χ1v) is 7.46. The zero-order chi connectivity index (χ0) is 14.2. The lowest BCUT2D eigenvalue weighted by atomic mass is 9.76. The van der Waals surface area contributed by atoms with Crippen LogP contribution in [0.15, 0.2) is 12.5 Å². The van der Waals surface area contributed by atoms with Gasteiger partial charge in [0.05, 0.1) is 18.6 Å². The van der Waals surface area contributed by atoms with Gasteiger partial charge in [-0.15, -0.1) is 0 Å². The molecular weight excluding hydrogens is 254 g/mol. The highest BCUT2D eigenvalue weighted by atomic mass is 16.2. The minimum Gasteiger partial charge on any atom is -0.333 e. The first kappa shape index (κ1) is 13.3. The number of likely N-dealkylation sites (tertiary alicyclic amines) is 1. The Hall–Kier alpha value is -1.65. The highest BCUT2D eigenvalue weighted by Crippen LogP contribution is 2.47. The molecule has 1 aliphatic heterocycles. The Bertz CT molecular complexity index is 509. The maximum atomic E-state index is 12.4. The van der Waals surface area contributed by atoms with Gasteiger partial charge in [0, 0.05) is 25.6 Å². The molecule has 5 nitrogen and oxygen atoms in total. The van der Waals surface area contributed by atoms with Crippen LogP contribution >= 0.6 is 0 Å². The normalized spacial score (nSPS) is 21.9. The Kier molecular flexibility index (Phi) is 3.36. The van der Waals surface area contributed by atoms with Gasteiger partial charge in [0.15, 0.2) is 0 Å². The number of rotatable bonds is 3. The van der Waals surface area contributed by atoms with Gasteiger partial charge in [-0.1, -0.05) is 12.8 Å². The lowest BCUT2D eigenvalue weighted by Gasteiger charge is -2.37. The van der Waals surface area contributed by atoms with Crippen LogP contribution in [0.4, 0.5) is 0 Å². The molecule has 0 radical (unpaired) electrons. The predicted molar refractivity (Wildman–Crippen MR) is 73.6 cm³/mol. The minimum absolute atomic E-state index is 0.00740. The van der Waals surface area contributed by atoms with Crippen molar-refractivity contribution in [3.05, 3.63) is 18.2 Å². The lowest BCUT2D eigenvalue weighted by molar-refractivity contribution is -0.154. The van der Waals surface area contributed by atoms with Crippen molar-refractivity contribution < 1.29 is 9.59 Å². The molecule has 1 saturated carbocycles. The second-order valence-corrected chi connectivity index (χ2v) is 6.11. The van der Waals surface area contributed by atoms with E-state index < -0.39 is 0 Å². The molecule has 2 heterocycles. The molecule has 1 aliphatic carbocycles. The molecule has 2 fully saturated rings. The molecule has 20 heavy (non-hydrogen) atoms. The topological polar surface area (TPSA) is 55.2 Å². The van der Waals surface area contributed by atoms with Gasteiger partial charge >= 0.3 is 0 Å². The summed E-state index contributed by atoms with van der Waals surface area (Å²) < 4.78 is 1.97. The van der Waals surface area contributed by atoms with E-state index in [1.54, 1.807) is 12.5 Å². The molecule has 0 N–H and O–H groups in total. The number of imidazole rings is 1. The smallest absolute Gasteiger partial charge is 0.230 e. The summed E-state index contributed by atoms with van der Waals surface area (Å²) in [6.07, 6.45) is 8.94. The molecule has 1 saturated heterocycles. The fraction of sp³-hybridized carbons (Fsp3) is 0.667. The van der Waals surface area contributed by atoms with Gasteiger partial charge in [0.25, 0.3) is 0 Å². The number of carbonyl (C=O) groups is 2. The maximum absolute atomic E-state index is 12.4. The summed E-state index contributed by atoms with van der Waals surface area (Å²) in [7, 11) is 0. The number of aromatic nitrogens is 2. The fourth-order valence-electron chi connectivity index (χ4n) is 3.62. The van der Waals surface area contributed by atoms with Gasteiger partial charge in [-0.05, 0) is 25.2 Å². The van der Waals surface area contributed by atoms with Gasteiger partial charge < -0.3 is 4.57 Å². The summed E-state index contributed by atoms with van der Waals surface area (Å²) >= 11 is 0. The molecule has 0 unspecified atom stereocenters. The third-order valence-electron chi connectivity index (χ3n) is 4.78. The molecule has 1 spiro atoms. The van der Waals surface area contributed by atoms with E-state index in [4.69, 9.17) is 0 Å². The van der Waals surface area contributed by atoms with Crippen LogP contribution in [0.25, 0.3) is 0 Å². The molecular formula is C15H21N3O2. The monoisotopic (exact) mass is 275 g/mol. The quantitative estimate of drug-likeness (QED) is 0.794. The molecule has 108 valence electrons. The van der Waals surface area contributed by atoms with Crippen molar-refractivity contribution >= 4 is 11.8 Å². The van der Waals surface area contributed by atoms with Gasteiger partial charge in [-0.25, -0.2) is 4.98 Å². The van der Waals surface area contributed by atoms with Crippen LogP contribution in [0.3, 0.4) is 0 Å². The number of piperidine rings is 1. The van der Waals surface area contributed by atoms with E-state index in [0.29, 0.717) is 19.4 Å². The molecule has 5 heteroatoms. The average Bonchev–Trinajstić information content (AvgIpc) is 3.03. The van der Waals surface area contributed by atoms with Gasteiger partial charge in [0.2, 0.25) is 11.8 Å². The number of aryl methyl sites for hydroxylation is 1. The summed E-state index contributed by atoms with van der Waals surface area (Å²) in [6, 6.07) is 0. The molecule has 0 atom stereocenters. The van der Waals surface area contributed by atoms with Crippen LogP contribution in [0.2, 0.25) is 0 Å². The minimum atomic E-state index is -0.0182. The molecule has 2 amide bonds. The van der Waals surface area contributed by atoms with Crippen LogP contribution < -0.4 is 0 Å². The molecule has 1 aromatic rings. The molecule has 0 bridgehead atoms. The van der Waals surface area contributed by atoms with Crippen LogP contribution in [-0.4, -0.2) is 26.3 Å². The average molecular weight is 275 g/mol. The Labute approximate surface area is 119 Å². The van der Waals surface area contributed by atoms with Crippen molar-refractivity contribution in [2.45, 2.75) is 58.5 Å². The van der Waals surface area contributed by atoms with Gasteiger partial charge in [-0.2, -0.15) is 0 Å². The molecule has 1 aromatic heterocycles. The Balaban J connectivity index is 1.75. The number of carbonyl (C=O) groups excluding carboxylic acids is 2. The number of imide groups is 1. The van der Waals surface area contributed by atoms with Crippen LogP contribution in [0.1, 0.15) is 51.1 Å². The Morgan fingerprint density at radius 1 is 1.20 bits per heavy atom. The molecule has 2 aliphatic rings. The maximum Gasteiger partial charge on any atom is 0.230 e. The van der Waals surface area contributed by atoms with Crippen molar-refractivity contribution in [3.63, 3.8) is 0 Å². The van der Waals surface area contributed by atoms with E-state index in [0.717, 1.165) is 37.9 Å². The number of hydrogen-bond donors (Lipinski definition) is 0. The standard InChI is InChI=1S/C15H21N3O2/c1-2-17-11-16-9-12(17)10-18-13(19)7-15(8-14(18)20)5-3-4-6-15/h9,11H,2-8,10H2,1H3. The number of amides is 2. The molecule has 3 rings (SSSR count). The summed E-state index contributed by atoms with van der Waals surface area (Å²) in [5.74, 6) is -0.0148. The zero-order valence-corrected chi connectivity index (χ0v) is 12.0. The van der Waals surface area contributed by atoms with E-state index in [1.165, 1.54) is 4.90 Å². The second-order valence-electron chi connectivity index (χ2n) is 6.11. The fourth-order valence-corrected chi connectivity index (χ4v) is 3.62. The largest absolute Gasteiger partial charge is 0.333 e. The van der Waals surface area contributed by atoms with Crippen molar-refractivity contribution in [3.8, 4) is 0 Å². The van der Waals surface area contributed by atoms with Gasteiger partial charge in [-0.3, -0.25) is 14.5 Å². The summed E-state index contributed by atoms with van der Waals surface area (Å²) in [4.78, 5) is 30.3. The van der Waals surface area contributed by atoms with E-state index >= 15 is 0 Å². The van der Waals surface area contributed by atoms with Crippen LogP contribution in [0, 0.1) is 5.41 Å². The first-order chi connectivity index (χ1) is 9.63. The second kappa shape index (κ2) is 5.04. The van der Waals surface area contributed by atoms with E-state index in [2.05, 4.69) is 4.98 Å². The SMILES string of the molecule is CCn1cncc1CN1C(=O)CC2(CCCC2)CC1=O. The van der Waals surface area contributed by atoms with Crippen LogP contribution in [-0.2, 0) is 22.7 Å².